The third-order valence-electron chi connectivity index (χ3n) is 4.69. The molecule has 2 N–H and O–H groups in total. The van der Waals surface area contributed by atoms with Gasteiger partial charge in [-0.05, 0) is 60.7 Å². The van der Waals surface area contributed by atoms with Gasteiger partial charge in [-0.3, -0.25) is 4.79 Å². The Bertz CT molecular complexity index is 989. The number of nitrogens with zero attached hydrogens (tertiary/aromatic N) is 2. The minimum Gasteiger partial charge on any atom is -0.366 e. The van der Waals surface area contributed by atoms with Crippen LogP contribution < -0.4 is 10.6 Å². The molecule has 1 aromatic heterocycles. The Morgan fingerprint density at radius 1 is 1.15 bits per heavy atom. The largest absolute Gasteiger partial charge is 0.366 e. The number of aromatic nitrogens is 2. The number of anilines is 2. The number of benzene rings is 2. The Morgan fingerprint density at radius 3 is 2.88 bits per heavy atom. The molecule has 0 fully saturated rings. The van der Waals surface area contributed by atoms with Crippen LogP contribution in [0.4, 0.5) is 15.9 Å². The van der Waals surface area contributed by atoms with Gasteiger partial charge in [-0.2, -0.15) is 0 Å². The number of halogens is 1. The second kappa shape index (κ2) is 6.71. The fraction of sp³-hybridized carbons (Fsp3) is 0.250. The van der Waals surface area contributed by atoms with E-state index in [1.54, 1.807) is 6.07 Å². The Balaban J connectivity index is 1.55. The van der Waals surface area contributed by atoms with Crippen molar-refractivity contribution in [3.05, 3.63) is 59.7 Å². The van der Waals surface area contributed by atoms with Crippen LogP contribution in [0.2, 0.25) is 0 Å². The number of nitrogens with one attached hydrogen (secondary N) is 2. The van der Waals surface area contributed by atoms with Crippen molar-refractivity contribution in [2.75, 3.05) is 10.6 Å². The highest BCUT2D eigenvalue weighted by atomic mass is 19.1. The Kier molecular flexibility index (Phi) is 4.24. The molecule has 26 heavy (non-hydrogen) atoms. The van der Waals surface area contributed by atoms with Gasteiger partial charge in [0.2, 0.25) is 5.91 Å². The normalized spacial score (nSPS) is 16.2. The molecule has 1 aliphatic carbocycles. The van der Waals surface area contributed by atoms with Crippen molar-refractivity contribution >= 4 is 28.3 Å². The fourth-order valence-corrected chi connectivity index (χ4v) is 3.50. The lowest BCUT2D eigenvalue weighted by atomic mass is 9.88. The van der Waals surface area contributed by atoms with Gasteiger partial charge in [0.05, 0.1) is 5.52 Å². The zero-order valence-corrected chi connectivity index (χ0v) is 14.4. The van der Waals surface area contributed by atoms with E-state index in [0.717, 1.165) is 30.5 Å². The van der Waals surface area contributed by atoms with E-state index in [2.05, 4.69) is 26.7 Å². The van der Waals surface area contributed by atoms with Crippen molar-refractivity contribution in [2.24, 2.45) is 0 Å². The van der Waals surface area contributed by atoms with Crippen LogP contribution in [-0.2, 0) is 17.6 Å². The second-order valence-corrected chi connectivity index (χ2v) is 6.63. The molecule has 5 nitrogen and oxygen atoms in total. The first kappa shape index (κ1) is 16.4. The summed E-state index contributed by atoms with van der Waals surface area (Å²) in [4.78, 5) is 19.7. The maximum atomic E-state index is 13.6. The van der Waals surface area contributed by atoms with Crippen LogP contribution in [0.15, 0.2) is 42.7 Å². The molecule has 0 saturated carbocycles. The number of hydrogen-bond donors (Lipinski definition) is 2. The van der Waals surface area contributed by atoms with Gasteiger partial charge in [-0.1, -0.05) is 6.07 Å². The minimum atomic E-state index is -0.296. The third-order valence-corrected chi connectivity index (χ3v) is 4.69. The zero-order valence-electron chi connectivity index (χ0n) is 14.4. The number of fused-ring (bicyclic) bond motifs is 2. The summed E-state index contributed by atoms with van der Waals surface area (Å²) < 4.78 is 13.6. The second-order valence-electron chi connectivity index (χ2n) is 6.63. The van der Waals surface area contributed by atoms with E-state index >= 15 is 0 Å². The van der Waals surface area contributed by atoms with Crippen molar-refractivity contribution in [1.29, 1.82) is 0 Å². The summed E-state index contributed by atoms with van der Waals surface area (Å²) in [6.07, 6.45) is 4.21. The number of carbonyl (C=O) groups excluding carboxylic acids is 1. The summed E-state index contributed by atoms with van der Waals surface area (Å²) in [6.45, 7) is 1.51. The Hall–Kier alpha value is -3.02. The monoisotopic (exact) mass is 350 g/mol. The molecule has 4 rings (SSSR count). The number of rotatable bonds is 3. The molecule has 2 aromatic carbocycles. The number of carbonyl (C=O) groups is 1. The van der Waals surface area contributed by atoms with E-state index < -0.39 is 0 Å². The molecule has 1 unspecified atom stereocenters. The minimum absolute atomic E-state index is 0.0665. The molecular weight excluding hydrogens is 331 g/mol. The maximum Gasteiger partial charge on any atom is 0.221 e. The highest BCUT2D eigenvalue weighted by Gasteiger charge is 2.20. The molecule has 1 amide bonds. The van der Waals surface area contributed by atoms with E-state index in [0.29, 0.717) is 11.2 Å². The molecule has 0 radical (unpaired) electrons. The van der Waals surface area contributed by atoms with Crippen molar-refractivity contribution in [2.45, 2.75) is 32.2 Å². The van der Waals surface area contributed by atoms with Crippen molar-refractivity contribution < 1.29 is 9.18 Å². The van der Waals surface area contributed by atoms with Crippen LogP contribution in [0.5, 0.6) is 0 Å². The topological polar surface area (TPSA) is 66.9 Å². The lowest BCUT2D eigenvalue weighted by Gasteiger charge is -2.26. The summed E-state index contributed by atoms with van der Waals surface area (Å²) in [6, 6.07) is 10.8. The van der Waals surface area contributed by atoms with Crippen molar-refractivity contribution in [3.63, 3.8) is 0 Å². The fourth-order valence-electron chi connectivity index (χ4n) is 3.50. The number of aryl methyl sites for hydroxylation is 1. The molecule has 0 spiro atoms. The van der Waals surface area contributed by atoms with Gasteiger partial charge in [0.25, 0.3) is 0 Å². The molecule has 6 heteroatoms. The van der Waals surface area contributed by atoms with E-state index in [4.69, 9.17) is 0 Å². The molecule has 132 valence electrons. The highest BCUT2D eigenvalue weighted by Crippen LogP contribution is 2.28. The summed E-state index contributed by atoms with van der Waals surface area (Å²) in [5, 5.41) is 6.97. The molecular formula is C20H19FN4O. The van der Waals surface area contributed by atoms with Crippen LogP contribution in [-0.4, -0.2) is 21.9 Å². The van der Waals surface area contributed by atoms with Crippen LogP contribution in [0.25, 0.3) is 10.9 Å². The Labute approximate surface area is 150 Å². The molecule has 1 atom stereocenters. The van der Waals surface area contributed by atoms with Crippen LogP contribution in [0.3, 0.4) is 0 Å². The SMILES string of the molecule is CC(=O)Nc1ccc2c(c1)CCC(Nc1ncnc3ccc(F)cc13)C2. The van der Waals surface area contributed by atoms with Gasteiger partial charge in [0, 0.05) is 24.0 Å². The first-order valence-corrected chi connectivity index (χ1v) is 8.65. The molecule has 0 aliphatic heterocycles. The number of hydrogen-bond acceptors (Lipinski definition) is 4. The quantitative estimate of drug-likeness (QED) is 0.756. The predicted octanol–water partition coefficient (Wildman–Crippen LogP) is 3.70. The van der Waals surface area contributed by atoms with Crippen LogP contribution >= 0.6 is 0 Å². The average Bonchev–Trinajstić information content (AvgIpc) is 2.62. The van der Waals surface area contributed by atoms with Gasteiger partial charge in [0.1, 0.15) is 18.0 Å². The molecule has 3 aromatic rings. The summed E-state index contributed by atoms with van der Waals surface area (Å²) in [7, 11) is 0. The summed E-state index contributed by atoms with van der Waals surface area (Å²) >= 11 is 0. The van der Waals surface area contributed by atoms with E-state index in [1.165, 1.54) is 36.5 Å². The van der Waals surface area contributed by atoms with Gasteiger partial charge >= 0.3 is 0 Å². The zero-order chi connectivity index (χ0) is 18.1. The Morgan fingerprint density at radius 2 is 2.04 bits per heavy atom. The van der Waals surface area contributed by atoms with Gasteiger partial charge in [0.15, 0.2) is 0 Å². The molecule has 0 bridgehead atoms. The van der Waals surface area contributed by atoms with Gasteiger partial charge in [-0.25, -0.2) is 14.4 Å². The predicted molar refractivity (Wildman–Crippen MR) is 99.7 cm³/mol. The van der Waals surface area contributed by atoms with E-state index in [-0.39, 0.29) is 17.8 Å². The summed E-state index contributed by atoms with van der Waals surface area (Å²) in [5.41, 5.74) is 4.07. The molecule has 0 saturated heterocycles. The van der Waals surface area contributed by atoms with Gasteiger partial charge in [-0.15, -0.1) is 0 Å². The maximum absolute atomic E-state index is 13.6. The average molecular weight is 350 g/mol. The lowest BCUT2D eigenvalue weighted by molar-refractivity contribution is -0.114. The van der Waals surface area contributed by atoms with Crippen molar-refractivity contribution in [3.8, 4) is 0 Å². The number of amides is 1. The highest BCUT2D eigenvalue weighted by molar-refractivity contribution is 5.89. The first-order chi connectivity index (χ1) is 12.6. The van der Waals surface area contributed by atoms with E-state index in [9.17, 15) is 9.18 Å². The standard InChI is InChI=1S/C20H19FN4O/c1-12(26)24-16-5-2-14-9-17(6-3-13(14)8-16)25-20-18-10-15(21)4-7-19(18)22-11-23-20/h2,4-5,7-8,10-11,17H,3,6,9H2,1H3,(H,24,26)(H,22,23,25). The molecule has 1 aliphatic rings. The van der Waals surface area contributed by atoms with Crippen LogP contribution in [0.1, 0.15) is 24.5 Å². The van der Waals surface area contributed by atoms with Crippen molar-refractivity contribution in [1.82, 2.24) is 9.97 Å². The third kappa shape index (κ3) is 3.35. The van der Waals surface area contributed by atoms with Crippen LogP contribution in [0, 0.1) is 5.82 Å². The van der Waals surface area contributed by atoms with E-state index in [1.807, 2.05) is 12.1 Å². The molecule has 1 heterocycles. The summed E-state index contributed by atoms with van der Waals surface area (Å²) in [5.74, 6) is 0.302. The lowest BCUT2D eigenvalue weighted by Crippen LogP contribution is -2.28. The van der Waals surface area contributed by atoms with Gasteiger partial charge < -0.3 is 10.6 Å². The first-order valence-electron chi connectivity index (χ1n) is 8.65. The smallest absolute Gasteiger partial charge is 0.221 e.